The zero-order valence-corrected chi connectivity index (χ0v) is 16.0. The number of thiazole rings is 1. The van der Waals surface area contributed by atoms with Gasteiger partial charge < -0.3 is 15.4 Å². The molecule has 0 unspecified atom stereocenters. The van der Waals surface area contributed by atoms with Crippen LogP contribution in [0.2, 0.25) is 0 Å². The van der Waals surface area contributed by atoms with Gasteiger partial charge in [-0.15, -0.1) is 13.2 Å². The minimum atomic E-state index is -4.81. The molecule has 2 rings (SSSR count). The summed E-state index contributed by atoms with van der Waals surface area (Å²) in [5.74, 6) is -1.31. The molecule has 0 saturated carbocycles. The van der Waals surface area contributed by atoms with E-state index in [1.165, 1.54) is 13.1 Å². The Morgan fingerprint density at radius 1 is 1.37 bits per heavy atom. The number of nitrogens with zero attached hydrogens (tertiary/aromatic N) is 2. The molecule has 1 aromatic heterocycles. The molecule has 13 heteroatoms. The maximum Gasteiger partial charge on any atom is 0.573 e. The molecule has 27 heavy (non-hydrogen) atoms. The Bertz CT molecular complexity index is 915. The van der Waals surface area contributed by atoms with Gasteiger partial charge in [0.2, 0.25) is 15.9 Å². The zero-order valence-electron chi connectivity index (χ0n) is 14.3. The first-order valence-electron chi connectivity index (χ1n) is 7.61. The molecule has 0 aliphatic heterocycles. The lowest BCUT2D eigenvalue weighted by Gasteiger charge is -2.16. The summed E-state index contributed by atoms with van der Waals surface area (Å²) in [6, 6.07) is 3.60. The number of halogens is 3. The highest BCUT2D eigenvalue weighted by atomic mass is 32.2. The van der Waals surface area contributed by atoms with Crippen molar-refractivity contribution in [2.75, 3.05) is 31.3 Å². The summed E-state index contributed by atoms with van der Waals surface area (Å²) < 4.78 is 65.8. The summed E-state index contributed by atoms with van der Waals surface area (Å²) in [6.45, 7) is 1.79. The summed E-state index contributed by atoms with van der Waals surface area (Å²) in [5, 5.41) is 5.24. The van der Waals surface area contributed by atoms with Gasteiger partial charge in [0.05, 0.1) is 16.8 Å². The third-order valence-electron chi connectivity index (χ3n) is 3.22. The van der Waals surface area contributed by atoms with Crippen molar-refractivity contribution in [3.63, 3.8) is 0 Å². The van der Waals surface area contributed by atoms with Crippen LogP contribution in [0.15, 0.2) is 18.2 Å². The number of hydrogen-bond donors (Lipinski definition) is 2. The van der Waals surface area contributed by atoms with Gasteiger partial charge in [0.15, 0.2) is 5.13 Å². The Kier molecular flexibility index (Phi) is 6.62. The molecule has 1 aromatic carbocycles. The minimum absolute atomic E-state index is 0.136. The Morgan fingerprint density at radius 3 is 2.70 bits per heavy atom. The largest absolute Gasteiger partial charge is 0.573 e. The number of aromatic nitrogens is 1. The topological polar surface area (TPSA) is 101 Å². The average molecular weight is 426 g/mol. The summed E-state index contributed by atoms with van der Waals surface area (Å²) in [5.41, 5.74) is 0.373. The lowest BCUT2D eigenvalue weighted by Crippen LogP contribution is -2.39. The molecule has 0 saturated heterocycles. The number of rotatable bonds is 8. The van der Waals surface area contributed by atoms with Gasteiger partial charge in [-0.05, 0) is 18.7 Å². The molecular formula is C14H17F3N4O4S2. The molecular weight excluding hydrogens is 409 g/mol. The first kappa shape index (κ1) is 21.3. The van der Waals surface area contributed by atoms with Crippen LogP contribution in [0.4, 0.5) is 18.3 Å². The second kappa shape index (κ2) is 8.37. The Labute approximate surface area is 157 Å². The van der Waals surface area contributed by atoms with Crippen molar-refractivity contribution >= 4 is 42.6 Å². The molecule has 0 atom stereocenters. The normalized spacial score (nSPS) is 12.5. The molecule has 8 nitrogen and oxygen atoms in total. The number of alkyl halides is 3. The monoisotopic (exact) mass is 426 g/mol. The van der Waals surface area contributed by atoms with Gasteiger partial charge in [-0.25, -0.2) is 13.4 Å². The van der Waals surface area contributed by atoms with Gasteiger partial charge in [0.1, 0.15) is 11.6 Å². The lowest BCUT2D eigenvalue weighted by atomic mass is 10.3. The van der Waals surface area contributed by atoms with E-state index >= 15 is 0 Å². The van der Waals surface area contributed by atoms with Gasteiger partial charge in [0, 0.05) is 13.1 Å². The van der Waals surface area contributed by atoms with Crippen LogP contribution in [0.5, 0.6) is 5.75 Å². The smallest absolute Gasteiger partial charge is 0.406 e. The van der Waals surface area contributed by atoms with Gasteiger partial charge in [-0.3, -0.25) is 4.79 Å². The van der Waals surface area contributed by atoms with Crippen molar-refractivity contribution in [2.24, 2.45) is 0 Å². The van der Waals surface area contributed by atoms with E-state index in [-0.39, 0.29) is 11.0 Å². The van der Waals surface area contributed by atoms with Crippen LogP contribution in [0, 0.1) is 0 Å². The van der Waals surface area contributed by atoms with E-state index in [0.717, 1.165) is 27.8 Å². The molecule has 2 N–H and O–H groups in total. The van der Waals surface area contributed by atoms with Crippen molar-refractivity contribution in [1.82, 2.24) is 14.6 Å². The SMILES string of the molecule is CCNCS(=O)(=O)N(C)CC(=O)Nc1nc2ccc(OC(F)(F)F)cc2s1. The quantitative estimate of drug-likeness (QED) is 0.669. The van der Waals surface area contributed by atoms with E-state index in [9.17, 15) is 26.4 Å². The van der Waals surface area contributed by atoms with Crippen molar-refractivity contribution in [3.05, 3.63) is 18.2 Å². The Morgan fingerprint density at radius 2 is 2.07 bits per heavy atom. The van der Waals surface area contributed by atoms with E-state index in [1.807, 2.05) is 0 Å². The van der Waals surface area contributed by atoms with Gasteiger partial charge in [-0.1, -0.05) is 18.3 Å². The number of sulfonamides is 1. The van der Waals surface area contributed by atoms with Crippen LogP contribution in [-0.2, 0) is 14.8 Å². The van der Waals surface area contributed by atoms with E-state index in [2.05, 4.69) is 20.4 Å². The maximum atomic E-state index is 12.3. The molecule has 1 amide bonds. The Balaban J connectivity index is 2.04. The fourth-order valence-electron chi connectivity index (χ4n) is 1.96. The summed E-state index contributed by atoms with van der Waals surface area (Å²) in [4.78, 5) is 16.1. The molecule has 1 heterocycles. The second-order valence-electron chi connectivity index (χ2n) is 5.36. The molecule has 0 radical (unpaired) electrons. The number of nitrogens with one attached hydrogen (secondary N) is 2. The summed E-state index contributed by atoms with van der Waals surface area (Å²) >= 11 is 0.944. The highest BCUT2D eigenvalue weighted by molar-refractivity contribution is 7.89. The van der Waals surface area contributed by atoms with Crippen molar-refractivity contribution in [1.29, 1.82) is 0 Å². The van der Waals surface area contributed by atoms with Crippen LogP contribution in [-0.4, -0.2) is 56.0 Å². The minimum Gasteiger partial charge on any atom is -0.406 e. The number of hydrogen-bond acceptors (Lipinski definition) is 7. The predicted molar refractivity (Wildman–Crippen MR) is 95.0 cm³/mol. The predicted octanol–water partition coefficient (Wildman–Crippen LogP) is 1.96. The molecule has 0 aliphatic rings. The van der Waals surface area contributed by atoms with Gasteiger partial charge in [0.25, 0.3) is 0 Å². The van der Waals surface area contributed by atoms with Crippen molar-refractivity contribution < 1.29 is 31.1 Å². The van der Waals surface area contributed by atoms with E-state index in [4.69, 9.17) is 0 Å². The number of anilines is 1. The van der Waals surface area contributed by atoms with Crippen molar-refractivity contribution in [3.8, 4) is 5.75 Å². The number of benzene rings is 1. The van der Waals surface area contributed by atoms with E-state index < -0.39 is 34.6 Å². The number of likely N-dealkylation sites (N-methyl/N-ethyl adjacent to an activating group) is 1. The summed E-state index contributed by atoms with van der Waals surface area (Å²) in [7, 11) is -2.37. The number of ether oxygens (including phenoxy) is 1. The average Bonchev–Trinajstić information content (AvgIpc) is 2.92. The third kappa shape index (κ3) is 6.30. The molecule has 0 aliphatic carbocycles. The fourth-order valence-corrected chi connectivity index (χ4v) is 3.86. The second-order valence-corrected chi connectivity index (χ2v) is 8.47. The molecule has 0 fully saturated rings. The first-order chi connectivity index (χ1) is 12.5. The van der Waals surface area contributed by atoms with Crippen LogP contribution in [0.1, 0.15) is 6.92 Å². The van der Waals surface area contributed by atoms with Crippen LogP contribution < -0.4 is 15.4 Å². The molecule has 2 aromatic rings. The molecule has 0 spiro atoms. The highest BCUT2D eigenvalue weighted by Crippen LogP contribution is 2.31. The number of amides is 1. The number of fused-ring (bicyclic) bond motifs is 1. The van der Waals surface area contributed by atoms with Crippen LogP contribution in [0.25, 0.3) is 10.2 Å². The third-order valence-corrected chi connectivity index (χ3v) is 5.80. The highest BCUT2D eigenvalue weighted by Gasteiger charge is 2.31. The lowest BCUT2D eigenvalue weighted by molar-refractivity contribution is -0.274. The van der Waals surface area contributed by atoms with Crippen molar-refractivity contribution in [2.45, 2.75) is 13.3 Å². The van der Waals surface area contributed by atoms with E-state index in [1.54, 1.807) is 6.92 Å². The number of carbonyl (C=O) groups excluding carboxylic acids is 1. The zero-order chi connectivity index (χ0) is 20.2. The fraction of sp³-hybridized carbons (Fsp3) is 0.429. The summed E-state index contributed by atoms with van der Waals surface area (Å²) in [6.07, 6.45) is -4.81. The molecule has 150 valence electrons. The maximum absolute atomic E-state index is 12.3. The Hall–Kier alpha value is -1.96. The van der Waals surface area contributed by atoms with Gasteiger partial charge >= 0.3 is 6.36 Å². The number of carbonyl (C=O) groups is 1. The van der Waals surface area contributed by atoms with Crippen LogP contribution >= 0.6 is 11.3 Å². The van der Waals surface area contributed by atoms with E-state index in [0.29, 0.717) is 16.8 Å². The first-order valence-corrected chi connectivity index (χ1v) is 10.0. The molecule has 0 bridgehead atoms. The standard InChI is InChI=1S/C14H17F3N4O4S2/c1-3-18-8-27(23,24)21(2)7-12(22)20-13-19-10-5-4-9(6-11(10)26-13)25-14(15,16)17/h4-6,18H,3,7-8H2,1-2H3,(H,19,20,22). The van der Waals surface area contributed by atoms with Crippen LogP contribution in [0.3, 0.4) is 0 Å². The van der Waals surface area contributed by atoms with Gasteiger partial charge in [-0.2, -0.15) is 4.31 Å².